The van der Waals surface area contributed by atoms with Gasteiger partial charge in [-0.1, -0.05) is 60.7 Å². The van der Waals surface area contributed by atoms with E-state index in [1.807, 2.05) is 60.7 Å². The molecule has 3 atom stereocenters. The van der Waals surface area contributed by atoms with Gasteiger partial charge < -0.3 is 15.7 Å². The van der Waals surface area contributed by atoms with Crippen LogP contribution in [-0.2, 0) is 16.0 Å². The largest absolute Gasteiger partial charge is 0.480 e. The van der Waals surface area contributed by atoms with E-state index in [0.717, 1.165) is 11.1 Å². The Morgan fingerprint density at radius 3 is 2.31 bits per heavy atom. The zero-order valence-electron chi connectivity index (χ0n) is 14.6. The number of hydrogen-bond donors (Lipinski definition) is 2. The topological polar surface area (TPSA) is 83.6 Å². The molecule has 5 nitrogen and oxygen atoms in total. The summed E-state index contributed by atoms with van der Waals surface area (Å²) < 4.78 is 0. The van der Waals surface area contributed by atoms with Gasteiger partial charge in [-0.3, -0.25) is 4.79 Å². The third kappa shape index (κ3) is 4.11. The van der Waals surface area contributed by atoms with Crippen LogP contribution in [-0.4, -0.2) is 40.5 Å². The van der Waals surface area contributed by atoms with Gasteiger partial charge in [-0.15, -0.1) is 0 Å². The number of nitrogens with zero attached hydrogens (tertiary/aromatic N) is 1. The highest BCUT2D eigenvalue weighted by Crippen LogP contribution is 2.32. The number of carboxylic acid groups (broad SMARTS) is 1. The molecule has 2 aromatic carbocycles. The molecule has 3 rings (SSSR count). The average molecular weight is 352 g/mol. The Kier molecular flexibility index (Phi) is 5.68. The van der Waals surface area contributed by atoms with Crippen LogP contribution in [0.5, 0.6) is 0 Å². The van der Waals surface area contributed by atoms with E-state index in [1.54, 1.807) is 0 Å². The monoisotopic (exact) mass is 352 g/mol. The third-order valence-electron chi connectivity index (χ3n) is 5.04. The van der Waals surface area contributed by atoms with E-state index in [9.17, 15) is 14.7 Å². The van der Waals surface area contributed by atoms with E-state index in [4.69, 9.17) is 5.73 Å². The van der Waals surface area contributed by atoms with Crippen molar-refractivity contribution in [3.63, 3.8) is 0 Å². The summed E-state index contributed by atoms with van der Waals surface area (Å²) in [4.78, 5) is 25.9. The number of likely N-dealkylation sites (tertiary alicyclic amines) is 1. The average Bonchev–Trinajstić information content (AvgIpc) is 3.13. The van der Waals surface area contributed by atoms with Gasteiger partial charge in [-0.05, 0) is 30.4 Å². The van der Waals surface area contributed by atoms with E-state index < -0.39 is 18.1 Å². The molecule has 1 heterocycles. The summed E-state index contributed by atoms with van der Waals surface area (Å²) in [6.07, 6.45) is 1.62. The van der Waals surface area contributed by atoms with E-state index in [-0.39, 0.29) is 11.8 Å². The van der Waals surface area contributed by atoms with Gasteiger partial charge in [-0.25, -0.2) is 4.79 Å². The predicted octanol–water partition coefficient (Wildman–Crippen LogP) is 2.42. The first-order valence-corrected chi connectivity index (χ1v) is 8.94. The minimum Gasteiger partial charge on any atom is -0.480 e. The lowest BCUT2D eigenvalue weighted by molar-refractivity contribution is -0.148. The normalized spacial score (nSPS) is 20.7. The van der Waals surface area contributed by atoms with Crippen molar-refractivity contribution in [3.05, 3.63) is 71.8 Å². The molecule has 1 amide bonds. The quantitative estimate of drug-likeness (QED) is 0.836. The molecule has 0 saturated carbocycles. The van der Waals surface area contributed by atoms with Crippen molar-refractivity contribution in [1.29, 1.82) is 0 Å². The Bertz CT molecular complexity index is 748. The van der Waals surface area contributed by atoms with Gasteiger partial charge >= 0.3 is 5.97 Å². The fourth-order valence-corrected chi connectivity index (χ4v) is 3.58. The van der Waals surface area contributed by atoms with Crippen molar-refractivity contribution >= 4 is 11.9 Å². The number of aliphatic carboxylic acids is 1. The second-order valence-electron chi connectivity index (χ2n) is 6.82. The Morgan fingerprint density at radius 1 is 1.08 bits per heavy atom. The summed E-state index contributed by atoms with van der Waals surface area (Å²) in [5.74, 6) is -1.21. The molecule has 0 unspecified atom stereocenters. The van der Waals surface area contributed by atoms with Gasteiger partial charge in [0.05, 0.1) is 6.04 Å². The van der Waals surface area contributed by atoms with Crippen LogP contribution >= 0.6 is 0 Å². The molecule has 0 spiro atoms. The minimum absolute atomic E-state index is 0.0302. The molecule has 0 bridgehead atoms. The number of nitrogens with two attached hydrogens (primary N) is 1. The van der Waals surface area contributed by atoms with E-state index in [2.05, 4.69) is 0 Å². The summed E-state index contributed by atoms with van der Waals surface area (Å²) in [5.41, 5.74) is 8.29. The first kappa shape index (κ1) is 18.1. The molecule has 0 aliphatic carbocycles. The highest BCUT2D eigenvalue weighted by molar-refractivity contribution is 5.87. The molecule has 1 aliphatic rings. The zero-order chi connectivity index (χ0) is 18.5. The molecule has 0 radical (unpaired) electrons. The lowest BCUT2D eigenvalue weighted by Crippen LogP contribution is -2.48. The van der Waals surface area contributed by atoms with Crippen molar-refractivity contribution in [2.24, 2.45) is 5.73 Å². The van der Waals surface area contributed by atoms with Crippen molar-refractivity contribution in [1.82, 2.24) is 4.90 Å². The smallest absolute Gasteiger partial charge is 0.326 e. The van der Waals surface area contributed by atoms with E-state index in [1.165, 1.54) is 4.90 Å². The molecule has 136 valence electrons. The lowest BCUT2D eigenvalue weighted by atomic mass is 9.96. The number of carbonyl (C=O) groups excluding carboxylic acids is 1. The number of amides is 1. The van der Waals surface area contributed by atoms with Gasteiger partial charge in [0, 0.05) is 12.5 Å². The van der Waals surface area contributed by atoms with Gasteiger partial charge in [0.15, 0.2) is 0 Å². The van der Waals surface area contributed by atoms with Crippen molar-refractivity contribution in [2.45, 2.75) is 37.3 Å². The first-order valence-electron chi connectivity index (χ1n) is 8.94. The Morgan fingerprint density at radius 2 is 1.69 bits per heavy atom. The van der Waals surface area contributed by atoms with Gasteiger partial charge in [-0.2, -0.15) is 0 Å². The second-order valence-corrected chi connectivity index (χ2v) is 6.82. The van der Waals surface area contributed by atoms with Crippen LogP contribution in [0, 0.1) is 0 Å². The minimum atomic E-state index is -0.966. The van der Waals surface area contributed by atoms with Crippen LogP contribution in [0.3, 0.4) is 0 Å². The SMILES string of the molecule is N[C@H](CCc1ccccc1)C(=O)N1C[C@H](c2ccccc2)C[C@H]1C(=O)O. The van der Waals surface area contributed by atoms with Crippen molar-refractivity contribution in [3.8, 4) is 0 Å². The summed E-state index contributed by atoms with van der Waals surface area (Å²) in [6, 6.07) is 18.1. The van der Waals surface area contributed by atoms with E-state index >= 15 is 0 Å². The molecule has 3 N–H and O–H groups in total. The number of benzene rings is 2. The molecule has 26 heavy (non-hydrogen) atoms. The van der Waals surface area contributed by atoms with Crippen molar-refractivity contribution < 1.29 is 14.7 Å². The Labute approximate surface area is 153 Å². The summed E-state index contributed by atoms with van der Waals surface area (Å²) in [5, 5.41) is 9.55. The molecular weight excluding hydrogens is 328 g/mol. The maximum atomic E-state index is 12.8. The zero-order valence-corrected chi connectivity index (χ0v) is 14.6. The molecule has 5 heteroatoms. The fraction of sp³-hybridized carbons (Fsp3) is 0.333. The third-order valence-corrected chi connectivity index (χ3v) is 5.04. The predicted molar refractivity (Wildman–Crippen MR) is 99.7 cm³/mol. The summed E-state index contributed by atoms with van der Waals surface area (Å²) in [6.45, 7) is 0.402. The second kappa shape index (κ2) is 8.15. The molecule has 0 aromatic heterocycles. The highest BCUT2D eigenvalue weighted by atomic mass is 16.4. The number of carboxylic acids is 1. The van der Waals surface area contributed by atoms with Crippen LogP contribution in [0.15, 0.2) is 60.7 Å². The maximum Gasteiger partial charge on any atom is 0.326 e. The Hall–Kier alpha value is -2.66. The summed E-state index contributed by atoms with van der Waals surface area (Å²) in [7, 11) is 0. The van der Waals surface area contributed by atoms with Crippen molar-refractivity contribution in [2.75, 3.05) is 6.54 Å². The molecule has 1 aliphatic heterocycles. The Balaban J connectivity index is 1.67. The highest BCUT2D eigenvalue weighted by Gasteiger charge is 2.41. The lowest BCUT2D eigenvalue weighted by Gasteiger charge is -2.25. The molecule has 1 saturated heterocycles. The summed E-state index contributed by atoms with van der Waals surface area (Å²) >= 11 is 0. The maximum absolute atomic E-state index is 12.8. The number of hydrogen-bond acceptors (Lipinski definition) is 3. The van der Waals surface area contributed by atoms with E-state index in [0.29, 0.717) is 25.8 Å². The van der Waals surface area contributed by atoms with Gasteiger partial charge in [0.1, 0.15) is 6.04 Å². The van der Waals surface area contributed by atoms with Crippen LogP contribution < -0.4 is 5.73 Å². The molecular formula is C21H24N2O3. The van der Waals surface area contributed by atoms with Gasteiger partial charge in [0.25, 0.3) is 0 Å². The standard InChI is InChI=1S/C21H24N2O3/c22-18(12-11-15-7-3-1-4-8-15)20(24)23-14-17(13-19(23)21(25)26)16-9-5-2-6-10-16/h1-10,17-19H,11-14,22H2,(H,25,26)/t17-,18-,19+/m1/s1. The fourth-order valence-electron chi connectivity index (χ4n) is 3.58. The number of aryl methyl sites for hydroxylation is 1. The first-order chi connectivity index (χ1) is 12.6. The molecule has 2 aromatic rings. The van der Waals surface area contributed by atoms with Crippen LogP contribution in [0.1, 0.15) is 29.9 Å². The van der Waals surface area contributed by atoms with Crippen LogP contribution in [0.2, 0.25) is 0 Å². The van der Waals surface area contributed by atoms with Crippen LogP contribution in [0.25, 0.3) is 0 Å². The number of rotatable bonds is 6. The van der Waals surface area contributed by atoms with Crippen LogP contribution in [0.4, 0.5) is 0 Å². The number of carbonyl (C=O) groups is 2. The molecule has 1 fully saturated rings. The van der Waals surface area contributed by atoms with Gasteiger partial charge in [0.2, 0.25) is 5.91 Å².